The Morgan fingerprint density at radius 3 is 3.15 bits per heavy atom. The summed E-state index contributed by atoms with van der Waals surface area (Å²) in [6.07, 6.45) is 7.08. The zero-order valence-electron chi connectivity index (χ0n) is 11.4. The molecule has 0 aliphatic carbocycles. The molecule has 2 aromatic rings. The first-order valence-corrected chi connectivity index (χ1v) is 6.67. The number of carbonyl (C=O) groups excluding carboxylic acids is 1. The van der Waals surface area contributed by atoms with Gasteiger partial charge in [0.25, 0.3) is 5.91 Å². The summed E-state index contributed by atoms with van der Waals surface area (Å²) >= 11 is 0. The van der Waals surface area contributed by atoms with Gasteiger partial charge in [-0.15, -0.1) is 0 Å². The van der Waals surface area contributed by atoms with Gasteiger partial charge in [0.2, 0.25) is 5.89 Å². The molecule has 20 heavy (non-hydrogen) atoms. The van der Waals surface area contributed by atoms with E-state index in [1.54, 1.807) is 12.5 Å². The third-order valence-corrected chi connectivity index (χ3v) is 2.91. The number of amides is 1. The Hall–Kier alpha value is -2.15. The number of H-pyrrole nitrogens is 1. The summed E-state index contributed by atoms with van der Waals surface area (Å²) in [5.74, 6) is 0.147. The highest BCUT2D eigenvalue weighted by Crippen LogP contribution is 2.14. The van der Waals surface area contributed by atoms with Gasteiger partial charge in [-0.2, -0.15) is 0 Å². The van der Waals surface area contributed by atoms with Gasteiger partial charge in [-0.3, -0.25) is 4.79 Å². The van der Waals surface area contributed by atoms with Gasteiger partial charge >= 0.3 is 0 Å². The van der Waals surface area contributed by atoms with Crippen molar-refractivity contribution >= 4 is 5.91 Å². The number of aromatic nitrogens is 3. The molecule has 0 saturated heterocycles. The van der Waals surface area contributed by atoms with Gasteiger partial charge in [0.1, 0.15) is 6.26 Å². The third kappa shape index (κ3) is 3.67. The standard InChI is InChI=1S/C13H19N5O2/c1-2-3-10(14)13-18-11(7-20-13)12(19)16-5-4-9-6-15-8-17-9/h6-8,10H,2-5,14H2,1H3,(H,15,17)(H,16,19). The van der Waals surface area contributed by atoms with Crippen molar-refractivity contribution in [1.82, 2.24) is 20.3 Å². The molecule has 2 rings (SSSR count). The minimum Gasteiger partial charge on any atom is -0.446 e. The molecule has 7 heteroatoms. The first-order chi connectivity index (χ1) is 9.70. The maximum absolute atomic E-state index is 11.9. The van der Waals surface area contributed by atoms with Crippen LogP contribution in [0, 0.1) is 0 Å². The zero-order chi connectivity index (χ0) is 14.4. The van der Waals surface area contributed by atoms with Gasteiger partial charge in [-0.05, 0) is 6.42 Å². The Kier molecular flexibility index (Phi) is 4.89. The number of rotatable bonds is 7. The quantitative estimate of drug-likeness (QED) is 0.703. The zero-order valence-corrected chi connectivity index (χ0v) is 11.4. The number of oxazole rings is 1. The van der Waals surface area contributed by atoms with E-state index in [9.17, 15) is 4.79 Å². The molecule has 1 unspecified atom stereocenters. The summed E-state index contributed by atoms with van der Waals surface area (Å²) in [5, 5.41) is 2.77. The maximum atomic E-state index is 11.9. The van der Waals surface area contributed by atoms with E-state index in [-0.39, 0.29) is 17.6 Å². The van der Waals surface area contributed by atoms with Crippen molar-refractivity contribution in [1.29, 1.82) is 0 Å². The van der Waals surface area contributed by atoms with E-state index in [1.807, 2.05) is 6.92 Å². The van der Waals surface area contributed by atoms with Gasteiger partial charge in [0, 0.05) is 24.9 Å². The maximum Gasteiger partial charge on any atom is 0.273 e. The Labute approximate surface area is 117 Å². The number of imidazole rings is 1. The molecule has 0 aromatic carbocycles. The molecule has 0 fully saturated rings. The van der Waals surface area contributed by atoms with Crippen LogP contribution < -0.4 is 11.1 Å². The first-order valence-electron chi connectivity index (χ1n) is 6.67. The lowest BCUT2D eigenvalue weighted by Crippen LogP contribution is -2.26. The lowest BCUT2D eigenvalue weighted by molar-refractivity contribution is 0.0949. The van der Waals surface area contributed by atoms with Crippen molar-refractivity contribution in [3.8, 4) is 0 Å². The Morgan fingerprint density at radius 2 is 2.45 bits per heavy atom. The average Bonchev–Trinajstić information content (AvgIpc) is 3.10. The van der Waals surface area contributed by atoms with Crippen molar-refractivity contribution in [2.24, 2.45) is 5.73 Å². The predicted octanol–water partition coefficient (Wildman–Crippen LogP) is 1.17. The van der Waals surface area contributed by atoms with E-state index in [2.05, 4.69) is 20.3 Å². The molecular weight excluding hydrogens is 258 g/mol. The van der Waals surface area contributed by atoms with Gasteiger partial charge in [-0.25, -0.2) is 9.97 Å². The van der Waals surface area contributed by atoms with Crippen molar-refractivity contribution in [2.75, 3.05) is 6.54 Å². The van der Waals surface area contributed by atoms with E-state index >= 15 is 0 Å². The molecule has 0 spiro atoms. The molecule has 2 heterocycles. The largest absolute Gasteiger partial charge is 0.446 e. The Balaban J connectivity index is 1.83. The molecule has 7 nitrogen and oxygen atoms in total. The summed E-state index contributed by atoms with van der Waals surface area (Å²) in [7, 11) is 0. The SMILES string of the molecule is CCCC(N)c1nc(C(=O)NCCc2cnc[nH]2)co1. The monoisotopic (exact) mass is 277 g/mol. The van der Waals surface area contributed by atoms with E-state index in [0.29, 0.717) is 18.9 Å². The van der Waals surface area contributed by atoms with Crippen LogP contribution >= 0.6 is 0 Å². The van der Waals surface area contributed by atoms with Crippen LogP contribution in [-0.2, 0) is 6.42 Å². The number of nitrogens with one attached hydrogen (secondary N) is 2. The van der Waals surface area contributed by atoms with E-state index in [4.69, 9.17) is 10.2 Å². The van der Waals surface area contributed by atoms with Gasteiger partial charge < -0.3 is 20.5 Å². The van der Waals surface area contributed by atoms with Crippen LogP contribution in [0.25, 0.3) is 0 Å². The predicted molar refractivity (Wildman–Crippen MR) is 73.0 cm³/mol. The van der Waals surface area contributed by atoms with Gasteiger partial charge in [0.05, 0.1) is 12.4 Å². The first kappa shape index (κ1) is 14.3. The van der Waals surface area contributed by atoms with Crippen LogP contribution in [0.2, 0.25) is 0 Å². The summed E-state index contributed by atoms with van der Waals surface area (Å²) in [4.78, 5) is 22.9. The number of nitrogens with two attached hydrogens (primary N) is 1. The topological polar surface area (TPSA) is 110 Å². The lowest BCUT2D eigenvalue weighted by atomic mass is 10.2. The van der Waals surface area contributed by atoms with Crippen LogP contribution in [0.4, 0.5) is 0 Å². The molecule has 0 radical (unpaired) electrons. The highest BCUT2D eigenvalue weighted by Gasteiger charge is 2.16. The molecule has 1 amide bonds. The highest BCUT2D eigenvalue weighted by atomic mass is 16.3. The molecule has 0 aliphatic rings. The molecule has 1 atom stereocenters. The fourth-order valence-electron chi connectivity index (χ4n) is 1.82. The van der Waals surface area contributed by atoms with Crippen molar-refractivity contribution in [2.45, 2.75) is 32.2 Å². The number of hydrogen-bond donors (Lipinski definition) is 3. The lowest BCUT2D eigenvalue weighted by Gasteiger charge is -2.03. The summed E-state index contributed by atoms with van der Waals surface area (Å²) in [6, 6.07) is -0.258. The van der Waals surface area contributed by atoms with E-state index < -0.39 is 0 Å². The van der Waals surface area contributed by atoms with E-state index in [1.165, 1.54) is 6.26 Å². The van der Waals surface area contributed by atoms with Crippen LogP contribution in [0.3, 0.4) is 0 Å². The minimum atomic E-state index is -0.261. The molecule has 4 N–H and O–H groups in total. The Bertz CT molecular complexity index is 535. The highest BCUT2D eigenvalue weighted by molar-refractivity contribution is 5.91. The molecule has 2 aromatic heterocycles. The number of carbonyl (C=O) groups is 1. The van der Waals surface area contributed by atoms with Crippen LogP contribution in [0.1, 0.15) is 47.9 Å². The number of hydrogen-bond acceptors (Lipinski definition) is 5. The normalized spacial score (nSPS) is 12.3. The molecule has 0 saturated carbocycles. The smallest absolute Gasteiger partial charge is 0.273 e. The average molecular weight is 277 g/mol. The molecule has 0 bridgehead atoms. The minimum absolute atomic E-state index is 0.258. The number of aromatic amines is 1. The summed E-state index contributed by atoms with van der Waals surface area (Å²) < 4.78 is 5.24. The second-order valence-electron chi connectivity index (χ2n) is 4.55. The van der Waals surface area contributed by atoms with Gasteiger partial charge in [0.15, 0.2) is 5.69 Å². The summed E-state index contributed by atoms with van der Waals surface area (Å²) in [5.41, 5.74) is 7.11. The second-order valence-corrected chi connectivity index (χ2v) is 4.55. The summed E-state index contributed by atoms with van der Waals surface area (Å²) in [6.45, 7) is 2.54. The van der Waals surface area contributed by atoms with Gasteiger partial charge in [-0.1, -0.05) is 13.3 Å². The molecular formula is C13H19N5O2. The van der Waals surface area contributed by atoms with Crippen molar-refractivity contribution < 1.29 is 9.21 Å². The Morgan fingerprint density at radius 1 is 1.60 bits per heavy atom. The van der Waals surface area contributed by atoms with Crippen molar-refractivity contribution in [3.05, 3.63) is 36.1 Å². The second kappa shape index (κ2) is 6.85. The van der Waals surface area contributed by atoms with E-state index in [0.717, 1.165) is 18.5 Å². The van der Waals surface area contributed by atoms with Crippen LogP contribution in [-0.4, -0.2) is 27.4 Å². The fourth-order valence-corrected chi connectivity index (χ4v) is 1.82. The van der Waals surface area contributed by atoms with Crippen molar-refractivity contribution in [3.63, 3.8) is 0 Å². The van der Waals surface area contributed by atoms with Crippen LogP contribution in [0.5, 0.6) is 0 Å². The van der Waals surface area contributed by atoms with Crippen LogP contribution in [0.15, 0.2) is 23.2 Å². The number of nitrogens with zero attached hydrogens (tertiary/aromatic N) is 2. The fraction of sp³-hybridized carbons (Fsp3) is 0.462. The molecule has 0 aliphatic heterocycles. The third-order valence-electron chi connectivity index (χ3n) is 2.91. The molecule has 108 valence electrons.